The highest BCUT2D eigenvalue weighted by Gasteiger charge is 2.10. The van der Waals surface area contributed by atoms with E-state index in [0.29, 0.717) is 11.1 Å². The van der Waals surface area contributed by atoms with Crippen molar-refractivity contribution in [1.82, 2.24) is 4.57 Å². The van der Waals surface area contributed by atoms with Crippen molar-refractivity contribution in [2.75, 3.05) is 5.75 Å². The number of aryl methyl sites for hydroxylation is 1. The fraction of sp³-hybridized carbons (Fsp3) is 0.222. The van der Waals surface area contributed by atoms with E-state index in [4.69, 9.17) is 9.56 Å². The molecule has 0 fully saturated rings. The second-order valence-electron chi connectivity index (χ2n) is 3.35. The Labute approximate surface area is 91.3 Å². The van der Waals surface area contributed by atoms with Crippen molar-refractivity contribution in [3.8, 4) is 0 Å². The van der Waals surface area contributed by atoms with Gasteiger partial charge in [0.15, 0.2) is 5.58 Å². The molecule has 7 heteroatoms. The van der Waals surface area contributed by atoms with Crippen molar-refractivity contribution in [1.29, 1.82) is 0 Å². The smallest absolute Gasteiger partial charge is 0.408 e. The van der Waals surface area contributed by atoms with Crippen molar-refractivity contribution >= 4 is 21.1 Å². The van der Waals surface area contributed by atoms with Crippen LogP contribution in [0.3, 0.4) is 0 Å². The van der Waals surface area contributed by atoms with E-state index in [0.717, 1.165) is 0 Å². The highest BCUT2D eigenvalue weighted by molar-refractivity contribution is 7.89. The van der Waals surface area contributed by atoms with Gasteiger partial charge in [-0.25, -0.2) is 18.4 Å². The largest absolute Gasteiger partial charge is 0.419 e. The molecule has 0 aliphatic rings. The molecule has 0 spiro atoms. The summed E-state index contributed by atoms with van der Waals surface area (Å²) >= 11 is 0. The normalized spacial score (nSPS) is 12.1. The van der Waals surface area contributed by atoms with Crippen LogP contribution in [-0.2, 0) is 16.6 Å². The lowest BCUT2D eigenvalue weighted by molar-refractivity contribution is 0.511. The molecule has 1 heterocycles. The zero-order valence-corrected chi connectivity index (χ0v) is 9.11. The molecule has 2 aromatic rings. The molecule has 0 saturated heterocycles. The first-order chi connectivity index (χ1) is 7.47. The van der Waals surface area contributed by atoms with Crippen LogP contribution >= 0.6 is 0 Å². The van der Waals surface area contributed by atoms with Gasteiger partial charge in [-0.3, -0.25) is 4.57 Å². The molecule has 1 aromatic heterocycles. The molecular formula is C9H10N2O4S. The SMILES string of the molecule is NS(=O)(=O)CCn1c(=O)oc2ccccc21. The lowest BCUT2D eigenvalue weighted by Crippen LogP contribution is -2.24. The quantitative estimate of drug-likeness (QED) is 0.811. The number of oxazole rings is 1. The summed E-state index contributed by atoms with van der Waals surface area (Å²) in [7, 11) is -3.59. The van der Waals surface area contributed by atoms with Crippen LogP contribution in [-0.4, -0.2) is 18.7 Å². The number of nitrogens with zero attached hydrogens (tertiary/aromatic N) is 1. The van der Waals surface area contributed by atoms with Crippen LogP contribution in [0.15, 0.2) is 33.5 Å². The molecule has 16 heavy (non-hydrogen) atoms. The molecule has 0 atom stereocenters. The van der Waals surface area contributed by atoms with Gasteiger partial charge in [-0.2, -0.15) is 0 Å². The lowest BCUT2D eigenvalue weighted by Gasteiger charge is -1.99. The molecule has 2 N–H and O–H groups in total. The van der Waals surface area contributed by atoms with Crippen LogP contribution in [0.2, 0.25) is 0 Å². The van der Waals surface area contributed by atoms with Gasteiger partial charge in [0, 0.05) is 6.54 Å². The first-order valence-electron chi connectivity index (χ1n) is 4.56. The molecule has 6 nitrogen and oxygen atoms in total. The molecule has 0 bridgehead atoms. The zero-order valence-electron chi connectivity index (χ0n) is 8.29. The fourth-order valence-electron chi connectivity index (χ4n) is 1.44. The van der Waals surface area contributed by atoms with E-state index in [1.54, 1.807) is 24.3 Å². The predicted octanol–water partition coefficient (Wildman–Crippen LogP) is -0.117. The standard InChI is InChI=1S/C9H10N2O4S/c10-16(13,14)6-5-11-7-3-1-2-4-8(7)15-9(11)12/h1-4H,5-6H2,(H2,10,13,14). The van der Waals surface area contributed by atoms with Crippen LogP contribution in [0.1, 0.15) is 0 Å². The molecule has 86 valence electrons. The second kappa shape index (κ2) is 3.76. The van der Waals surface area contributed by atoms with Crippen molar-refractivity contribution in [2.45, 2.75) is 6.54 Å². The highest BCUT2D eigenvalue weighted by Crippen LogP contribution is 2.11. The Morgan fingerprint density at radius 1 is 1.31 bits per heavy atom. The Hall–Kier alpha value is -1.60. The second-order valence-corrected chi connectivity index (χ2v) is 5.09. The van der Waals surface area contributed by atoms with E-state index < -0.39 is 15.8 Å². The number of aromatic nitrogens is 1. The molecule has 0 amide bonds. The summed E-state index contributed by atoms with van der Waals surface area (Å²) in [5.74, 6) is -0.874. The maximum atomic E-state index is 11.4. The molecule has 2 rings (SSSR count). The Morgan fingerprint density at radius 3 is 2.69 bits per heavy atom. The van der Waals surface area contributed by atoms with Crippen LogP contribution in [0.25, 0.3) is 11.1 Å². The number of sulfonamides is 1. The number of hydrogen-bond donors (Lipinski definition) is 1. The average Bonchev–Trinajstić information content (AvgIpc) is 2.49. The van der Waals surface area contributed by atoms with Crippen LogP contribution in [0.4, 0.5) is 0 Å². The third kappa shape index (κ3) is 2.15. The van der Waals surface area contributed by atoms with Crippen molar-refractivity contribution in [3.63, 3.8) is 0 Å². The Balaban J connectivity index is 2.44. The van der Waals surface area contributed by atoms with Gasteiger partial charge in [-0.15, -0.1) is 0 Å². The van der Waals surface area contributed by atoms with Gasteiger partial charge in [0.2, 0.25) is 10.0 Å². The van der Waals surface area contributed by atoms with Crippen molar-refractivity contribution in [3.05, 3.63) is 34.8 Å². The average molecular weight is 242 g/mol. The minimum atomic E-state index is -3.59. The minimum absolute atomic E-state index is 0.00528. The summed E-state index contributed by atoms with van der Waals surface area (Å²) in [4.78, 5) is 11.4. The van der Waals surface area contributed by atoms with E-state index in [-0.39, 0.29) is 12.3 Å². The van der Waals surface area contributed by atoms with E-state index in [9.17, 15) is 13.2 Å². The first kappa shape index (κ1) is 10.9. The third-order valence-electron chi connectivity index (χ3n) is 2.17. The molecule has 0 aliphatic heterocycles. The van der Waals surface area contributed by atoms with E-state index >= 15 is 0 Å². The van der Waals surface area contributed by atoms with Gasteiger partial charge in [-0.05, 0) is 12.1 Å². The van der Waals surface area contributed by atoms with Crippen molar-refractivity contribution < 1.29 is 12.8 Å². The number of primary sulfonamides is 1. The molecule has 0 unspecified atom stereocenters. The lowest BCUT2D eigenvalue weighted by atomic mass is 10.3. The Bertz CT molecular complexity index is 668. The fourth-order valence-corrected chi connectivity index (χ4v) is 1.88. The van der Waals surface area contributed by atoms with E-state index in [1.165, 1.54) is 4.57 Å². The molecule has 0 saturated carbocycles. The number of nitrogens with two attached hydrogens (primary N) is 1. The predicted molar refractivity (Wildman–Crippen MR) is 58.4 cm³/mol. The number of rotatable bonds is 3. The summed E-state index contributed by atoms with van der Waals surface area (Å²) in [5, 5.41) is 4.87. The molecule has 0 aliphatic carbocycles. The van der Waals surface area contributed by atoms with Crippen LogP contribution in [0.5, 0.6) is 0 Å². The zero-order chi connectivity index (χ0) is 11.8. The third-order valence-corrected chi connectivity index (χ3v) is 2.92. The maximum Gasteiger partial charge on any atom is 0.419 e. The maximum absolute atomic E-state index is 11.4. The first-order valence-corrected chi connectivity index (χ1v) is 6.28. The van der Waals surface area contributed by atoms with Gasteiger partial charge in [-0.1, -0.05) is 12.1 Å². The van der Waals surface area contributed by atoms with Gasteiger partial charge in [0.05, 0.1) is 11.3 Å². The summed E-state index contributed by atoms with van der Waals surface area (Å²) in [5.41, 5.74) is 0.998. The molecule has 0 radical (unpaired) electrons. The summed E-state index contributed by atoms with van der Waals surface area (Å²) in [6.45, 7) is -0.00528. The highest BCUT2D eigenvalue weighted by atomic mass is 32.2. The van der Waals surface area contributed by atoms with Gasteiger partial charge in [0.1, 0.15) is 0 Å². The number of hydrogen-bond acceptors (Lipinski definition) is 4. The van der Waals surface area contributed by atoms with Crippen LogP contribution < -0.4 is 10.9 Å². The van der Waals surface area contributed by atoms with Gasteiger partial charge < -0.3 is 4.42 Å². The number of para-hydroxylation sites is 2. The summed E-state index contributed by atoms with van der Waals surface area (Å²) in [6.07, 6.45) is 0. The van der Waals surface area contributed by atoms with Gasteiger partial charge in [0.25, 0.3) is 0 Å². The monoisotopic (exact) mass is 242 g/mol. The van der Waals surface area contributed by atoms with Gasteiger partial charge >= 0.3 is 5.76 Å². The van der Waals surface area contributed by atoms with Crippen molar-refractivity contribution in [2.24, 2.45) is 5.14 Å². The summed E-state index contributed by atoms with van der Waals surface area (Å²) < 4.78 is 27.8. The van der Waals surface area contributed by atoms with E-state index in [1.807, 2.05) is 0 Å². The topological polar surface area (TPSA) is 95.3 Å². The Morgan fingerprint density at radius 2 is 2.00 bits per heavy atom. The minimum Gasteiger partial charge on any atom is -0.408 e. The number of fused-ring (bicyclic) bond motifs is 1. The summed E-state index contributed by atoms with van der Waals surface area (Å²) in [6, 6.07) is 6.80. The number of benzene rings is 1. The van der Waals surface area contributed by atoms with Crippen LogP contribution in [0, 0.1) is 0 Å². The Kier molecular flexibility index (Phi) is 2.56. The van der Waals surface area contributed by atoms with E-state index in [2.05, 4.69) is 0 Å². The molecular weight excluding hydrogens is 232 g/mol. The molecule has 1 aromatic carbocycles.